The molecule has 0 radical (unpaired) electrons. The van der Waals surface area contributed by atoms with E-state index in [4.69, 9.17) is 0 Å². The standard InChI is InChI=1S/C14H25NO2/c1-12-5-4-7-14(8-6-12,11-13(16)17)15-9-2-3-10-15/h12H,2-11H2,1H3,(H,16,17). The van der Waals surface area contributed by atoms with E-state index in [1.807, 2.05) is 0 Å². The predicted molar refractivity (Wildman–Crippen MR) is 68.0 cm³/mol. The molecule has 2 atom stereocenters. The van der Waals surface area contributed by atoms with Crippen molar-refractivity contribution >= 4 is 5.97 Å². The lowest BCUT2D eigenvalue weighted by Gasteiger charge is -2.40. The summed E-state index contributed by atoms with van der Waals surface area (Å²) in [5, 5.41) is 9.22. The lowest BCUT2D eigenvalue weighted by atomic mass is 9.84. The summed E-state index contributed by atoms with van der Waals surface area (Å²) in [5.74, 6) is 0.153. The highest BCUT2D eigenvalue weighted by Crippen LogP contribution is 2.39. The lowest BCUT2D eigenvalue weighted by molar-refractivity contribution is -0.140. The summed E-state index contributed by atoms with van der Waals surface area (Å²) < 4.78 is 0. The molecule has 1 saturated heterocycles. The van der Waals surface area contributed by atoms with Gasteiger partial charge in [0.15, 0.2) is 0 Å². The van der Waals surface area contributed by atoms with E-state index in [0.29, 0.717) is 6.42 Å². The molecule has 2 unspecified atom stereocenters. The van der Waals surface area contributed by atoms with Crippen molar-refractivity contribution in [1.82, 2.24) is 4.90 Å². The Balaban J connectivity index is 2.12. The summed E-state index contributed by atoms with van der Waals surface area (Å²) in [6, 6.07) is 0. The first kappa shape index (κ1) is 12.9. The van der Waals surface area contributed by atoms with Gasteiger partial charge in [-0.25, -0.2) is 0 Å². The third kappa shape index (κ3) is 3.01. The summed E-state index contributed by atoms with van der Waals surface area (Å²) in [7, 11) is 0. The summed E-state index contributed by atoms with van der Waals surface area (Å²) >= 11 is 0. The van der Waals surface area contributed by atoms with Gasteiger partial charge in [0.05, 0.1) is 6.42 Å². The molecular formula is C14H25NO2. The highest BCUT2D eigenvalue weighted by atomic mass is 16.4. The lowest BCUT2D eigenvalue weighted by Crippen LogP contribution is -2.48. The zero-order valence-electron chi connectivity index (χ0n) is 11.0. The zero-order chi connectivity index (χ0) is 12.3. The van der Waals surface area contributed by atoms with Crippen molar-refractivity contribution in [3.63, 3.8) is 0 Å². The molecule has 0 spiro atoms. The van der Waals surface area contributed by atoms with E-state index in [0.717, 1.165) is 31.8 Å². The maximum absolute atomic E-state index is 11.2. The SMILES string of the molecule is CC1CCCC(CC(=O)O)(N2CCCC2)CC1. The molecule has 1 saturated carbocycles. The molecule has 17 heavy (non-hydrogen) atoms. The molecule has 1 N–H and O–H groups in total. The van der Waals surface area contributed by atoms with Crippen molar-refractivity contribution in [1.29, 1.82) is 0 Å². The molecule has 1 aliphatic carbocycles. The average Bonchev–Trinajstić information content (AvgIpc) is 2.73. The van der Waals surface area contributed by atoms with Crippen LogP contribution in [0.25, 0.3) is 0 Å². The third-order valence-electron chi connectivity index (χ3n) is 4.70. The first-order valence-corrected chi connectivity index (χ1v) is 7.09. The van der Waals surface area contributed by atoms with Crippen molar-refractivity contribution in [2.45, 2.75) is 63.8 Å². The number of carbonyl (C=O) groups is 1. The van der Waals surface area contributed by atoms with Crippen LogP contribution in [-0.4, -0.2) is 34.6 Å². The Morgan fingerprint density at radius 1 is 1.24 bits per heavy atom. The number of hydrogen-bond acceptors (Lipinski definition) is 2. The molecule has 0 aromatic rings. The van der Waals surface area contributed by atoms with Crippen LogP contribution in [-0.2, 0) is 4.79 Å². The van der Waals surface area contributed by atoms with Crippen LogP contribution in [0.15, 0.2) is 0 Å². The second-order valence-electron chi connectivity index (χ2n) is 6.03. The minimum atomic E-state index is -0.619. The van der Waals surface area contributed by atoms with Gasteiger partial charge in [-0.1, -0.05) is 19.8 Å². The molecule has 0 aromatic carbocycles. The van der Waals surface area contributed by atoms with Gasteiger partial charge in [0.1, 0.15) is 0 Å². The summed E-state index contributed by atoms with van der Waals surface area (Å²) in [4.78, 5) is 13.7. The molecule has 0 bridgehead atoms. The van der Waals surface area contributed by atoms with Crippen molar-refractivity contribution in [2.24, 2.45) is 5.92 Å². The van der Waals surface area contributed by atoms with Crippen LogP contribution in [0, 0.1) is 5.92 Å². The van der Waals surface area contributed by atoms with Gasteiger partial charge in [0, 0.05) is 5.54 Å². The molecule has 98 valence electrons. The van der Waals surface area contributed by atoms with E-state index >= 15 is 0 Å². The highest BCUT2D eigenvalue weighted by Gasteiger charge is 2.40. The first-order valence-electron chi connectivity index (χ1n) is 7.09. The van der Waals surface area contributed by atoms with Gasteiger partial charge < -0.3 is 5.11 Å². The van der Waals surface area contributed by atoms with E-state index in [9.17, 15) is 9.90 Å². The second-order valence-corrected chi connectivity index (χ2v) is 6.03. The van der Waals surface area contributed by atoms with Crippen molar-refractivity contribution < 1.29 is 9.90 Å². The van der Waals surface area contributed by atoms with Crippen LogP contribution in [0.3, 0.4) is 0 Å². The quantitative estimate of drug-likeness (QED) is 0.770. The second kappa shape index (κ2) is 5.38. The first-order chi connectivity index (χ1) is 8.12. The van der Waals surface area contributed by atoms with Gasteiger partial charge in [-0.05, 0) is 51.1 Å². The van der Waals surface area contributed by atoms with Gasteiger partial charge in [-0.2, -0.15) is 0 Å². The predicted octanol–water partition coefficient (Wildman–Crippen LogP) is 2.90. The molecular weight excluding hydrogens is 214 g/mol. The Morgan fingerprint density at radius 2 is 1.94 bits per heavy atom. The van der Waals surface area contributed by atoms with Crippen molar-refractivity contribution in [3.8, 4) is 0 Å². The van der Waals surface area contributed by atoms with Gasteiger partial charge in [0.2, 0.25) is 0 Å². The molecule has 2 rings (SSSR count). The Labute approximate surface area is 104 Å². The molecule has 3 nitrogen and oxygen atoms in total. The maximum Gasteiger partial charge on any atom is 0.305 e. The normalized spacial score (nSPS) is 35.7. The van der Waals surface area contributed by atoms with Crippen LogP contribution < -0.4 is 0 Å². The Bertz CT molecular complexity index is 273. The number of nitrogens with zero attached hydrogens (tertiary/aromatic N) is 1. The zero-order valence-corrected chi connectivity index (χ0v) is 11.0. The highest BCUT2D eigenvalue weighted by molar-refractivity contribution is 5.68. The number of hydrogen-bond donors (Lipinski definition) is 1. The Hall–Kier alpha value is -0.570. The fourth-order valence-corrected chi connectivity index (χ4v) is 3.64. The van der Waals surface area contributed by atoms with E-state index in [2.05, 4.69) is 11.8 Å². The van der Waals surface area contributed by atoms with Crippen molar-refractivity contribution in [3.05, 3.63) is 0 Å². The molecule has 2 aliphatic rings. The van der Waals surface area contributed by atoms with Crippen LogP contribution >= 0.6 is 0 Å². The van der Waals surface area contributed by atoms with E-state index in [-0.39, 0.29) is 5.54 Å². The summed E-state index contributed by atoms with van der Waals surface area (Å²) in [6.07, 6.45) is 8.68. The van der Waals surface area contributed by atoms with Crippen molar-refractivity contribution in [2.75, 3.05) is 13.1 Å². The van der Waals surface area contributed by atoms with E-state index in [1.165, 1.54) is 32.1 Å². The van der Waals surface area contributed by atoms with Gasteiger partial charge >= 0.3 is 5.97 Å². The van der Waals surface area contributed by atoms with Crippen LogP contribution in [0.4, 0.5) is 0 Å². The number of carboxylic acid groups (broad SMARTS) is 1. The smallest absolute Gasteiger partial charge is 0.305 e. The minimum absolute atomic E-state index is 0.0207. The molecule has 1 heterocycles. The monoisotopic (exact) mass is 239 g/mol. The topological polar surface area (TPSA) is 40.5 Å². The summed E-state index contributed by atoms with van der Waals surface area (Å²) in [6.45, 7) is 4.53. The van der Waals surface area contributed by atoms with E-state index in [1.54, 1.807) is 0 Å². The molecule has 2 fully saturated rings. The number of carboxylic acids is 1. The largest absolute Gasteiger partial charge is 0.481 e. The maximum atomic E-state index is 11.2. The molecule has 3 heteroatoms. The Morgan fingerprint density at radius 3 is 2.59 bits per heavy atom. The molecule has 1 aliphatic heterocycles. The van der Waals surface area contributed by atoms with Crippen LogP contribution in [0.2, 0.25) is 0 Å². The fraction of sp³-hybridized carbons (Fsp3) is 0.929. The third-order valence-corrected chi connectivity index (χ3v) is 4.70. The summed E-state index contributed by atoms with van der Waals surface area (Å²) in [5.41, 5.74) is -0.0207. The number of rotatable bonds is 3. The molecule has 0 aromatic heterocycles. The Kier molecular flexibility index (Phi) is 4.08. The van der Waals surface area contributed by atoms with Crippen LogP contribution in [0.1, 0.15) is 58.3 Å². The number of aliphatic carboxylic acids is 1. The van der Waals surface area contributed by atoms with Gasteiger partial charge in [-0.15, -0.1) is 0 Å². The average molecular weight is 239 g/mol. The number of likely N-dealkylation sites (tertiary alicyclic amines) is 1. The molecule has 0 amide bonds. The van der Waals surface area contributed by atoms with E-state index < -0.39 is 5.97 Å². The van der Waals surface area contributed by atoms with Crippen LogP contribution in [0.5, 0.6) is 0 Å². The van der Waals surface area contributed by atoms with Gasteiger partial charge in [-0.3, -0.25) is 9.69 Å². The fourth-order valence-electron chi connectivity index (χ4n) is 3.64. The van der Waals surface area contributed by atoms with Gasteiger partial charge in [0.25, 0.3) is 0 Å². The minimum Gasteiger partial charge on any atom is -0.481 e.